The van der Waals surface area contributed by atoms with E-state index >= 15 is 0 Å². The molecule has 0 saturated heterocycles. The van der Waals surface area contributed by atoms with Crippen LogP contribution in [0.3, 0.4) is 0 Å². The number of hydrogen-bond acceptors (Lipinski definition) is 4. The molecular formula is C14H33NO2SSn. The Labute approximate surface area is 129 Å². The van der Waals surface area contributed by atoms with Crippen LogP contribution >= 0.6 is 11.8 Å². The topological polar surface area (TPSA) is 44.5 Å². The summed E-state index contributed by atoms with van der Waals surface area (Å²) in [5.74, 6) is 0. The quantitative estimate of drug-likeness (QED) is 0.380. The molecule has 1 unspecified atom stereocenters. The predicted molar refractivity (Wildman–Crippen MR) is 88.9 cm³/mol. The molecule has 0 fully saturated rings. The summed E-state index contributed by atoms with van der Waals surface area (Å²) in [4.78, 5) is 0. The standard InChI is InChI=1S/C4H10N.2C4H9O.C2H5S.Sn/c1-3-4(2)5;2*1-2-3-4-5;1-3-2;/h4H,1,3,5H2,2H3;2*2-4H2,1H3;1H2,2H3;/q;2*-1;;+2. The third-order valence-corrected chi connectivity index (χ3v) is 17.2. The minimum absolute atomic E-state index is 0.252. The van der Waals surface area contributed by atoms with Gasteiger partial charge in [0.1, 0.15) is 0 Å². The second-order valence-corrected chi connectivity index (χ2v) is 16.9. The molecule has 0 bridgehead atoms. The summed E-state index contributed by atoms with van der Waals surface area (Å²) < 4.78 is 14.8. The van der Waals surface area contributed by atoms with Crippen LogP contribution in [0, 0.1) is 0 Å². The van der Waals surface area contributed by atoms with Crippen molar-refractivity contribution in [3.8, 4) is 0 Å². The first-order valence-electron chi connectivity index (χ1n) is 7.62. The molecule has 3 nitrogen and oxygen atoms in total. The fourth-order valence-corrected chi connectivity index (χ4v) is 15.6. The summed E-state index contributed by atoms with van der Waals surface area (Å²) in [6.07, 6.45) is 7.84. The zero-order chi connectivity index (χ0) is 14.6. The number of thioether (sulfide) groups is 1. The minimum atomic E-state index is -2.88. The first-order valence-corrected chi connectivity index (χ1v) is 15.4. The molecule has 0 spiro atoms. The molecule has 0 saturated carbocycles. The summed E-state index contributed by atoms with van der Waals surface area (Å²) >= 11 is -0.999. The molecule has 1 atom stereocenters. The van der Waals surface area contributed by atoms with Crippen LogP contribution in [-0.4, -0.2) is 48.5 Å². The van der Waals surface area contributed by atoms with Crippen LogP contribution in [0.15, 0.2) is 0 Å². The van der Waals surface area contributed by atoms with Gasteiger partial charge in [0.05, 0.1) is 0 Å². The van der Waals surface area contributed by atoms with Crippen molar-refractivity contribution in [2.45, 2.75) is 63.4 Å². The number of nitrogens with two attached hydrogens (primary N) is 1. The summed E-state index contributed by atoms with van der Waals surface area (Å²) in [6.45, 7) is 8.23. The normalized spacial score (nSPS) is 13.7. The average molecular weight is 398 g/mol. The van der Waals surface area contributed by atoms with Gasteiger partial charge in [-0.3, -0.25) is 0 Å². The van der Waals surface area contributed by atoms with Gasteiger partial charge >= 0.3 is 129 Å². The van der Waals surface area contributed by atoms with Gasteiger partial charge in [0, 0.05) is 0 Å². The van der Waals surface area contributed by atoms with Crippen molar-refractivity contribution in [3.63, 3.8) is 0 Å². The molecule has 0 aromatic rings. The van der Waals surface area contributed by atoms with E-state index in [-0.39, 0.29) is 6.04 Å². The Morgan fingerprint density at radius 1 is 1.11 bits per heavy atom. The van der Waals surface area contributed by atoms with Crippen molar-refractivity contribution in [1.82, 2.24) is 0 Å². The maximum absolute atomic E-state index is 6.32. The Bertz CT molecular complexity index is 196. The van der Waals surface area contributed by atoms with Gasteiger partial charge in [-0.15, -0.1) is 0 Å². The molecule has 116 valence electrons. The number of unbranched alkanes of at least 4 members (excludes halogenated alkanes) is 2. The summed E-state index contributed by atoms with van der Waals surface area (Å²) in [5.41, 5.74) is 5.92. The van der Waals surface area contributed by atoms with Crippen LogP contribution in [0.4, 0.5) is 0 Å². The fourth-order valence-electron chi connectivity index (χ4n) is 1.81. The van der Waals surface area contributed by atoms with E-state index in [1.807, 2.05) is 11.8 Å². The Morgan fingerprint density at radius 3 is 2.00 bits per heavy atom. The zero-order valence-electron chi connectivity index (χ0n) is 13.2. The van der Waals surface area contributed by atoms with E-state index in [1.54, 1.807) is 0 Å². The summed E-state index contributed by atoms with van der Waals surface area (Å²) in [5, 5.41) is 0. The molecule has 0 aromatic heterocycles. The van der Waals surface area contributed by atoms with Crippen LogP contribution in [-0.2, 0) is 6.15 Å². The van der Waals surface area contributed by atoms with E-state index < -0.39 is 19.2 Å². The fraction of sp³-hybridized carbons (Fsp3) is 1.00. The molecule has 0 rings (SSSR count). The third kappa shape index (κ3) is 10.4. The molecule has 2 N–H and O–H groups in total. The molecule has 0 amide bonds. The van der Waals surface area contributed by atoms with E-state index in [9.17, 15) is 0 Å². The van der Waals surface area contributed by atoms with E-state index in [2.05, 4.69) is 27.0 Å². The van der Waals surface area contributed by atoms with E-state index in [0.717, 1.165) is 40.7 Å². The Kier molecular flexibility index (Phi) is 13.4. The molecule has 19 heavy (non-hydrogen) atoms. The molecule has 0 aliphatic carbocycles. The monoisotopic (exact) mass is 399 g/mol. The molecule has 0 aliphatic rings. The van der Waals surface area contributed by atoms with Crippen molar-refractivity contribution < 1.29 is 6.15 Å². The van der Waals surface area contributed by atoms with Crippen molar-refractivity contribution in [1.29, 1.82) is 0 Å². The zero-order valence-corrected chi connectivity index (χ0v) is 16.9. The van der Waals surface area contributed by atoms with E-state index in [1.165, 1.54) is 12.8 Å². The van der Waals surface area contributed by atoms with Crippen molar-refractivity contribution in [2.24, 2.45) is 5.73 Å². The molecule has 5 heteroatoms. The Balaban J connectivity index is 4.46. The van der Waals surface area contributed by atoms with E-state index in [4.69, 9.17) is 11.9 Å². The Morgan fingerprint density at radius 2 is 1.63 bits per heavy atom. The molecule has 0 radical (unpaired) electrons. The summed E-state index contributed by atoms with van der Waals surface area (Å²) in [6, 6.07) is 0.252. The van der Waals surface area contributed by atoms with Gasteiger partial charge in [0.15, 0.2) is 0 Å². The van der Waals surface area contributed by atoms with Gasteiger partial charge in [-0.2, -0.15) is 0 Å². The van der Waals surface area contributed by atoms with Gasteiger partial charge in [0.2, 0.25) is 0 Å². The Hall–Kier alpha value is 1.03. The predicted octanol–water partition coefficient (Wildman–Crippen LogP) is 3.70. The van der Waals surface area contributed by atoms with Crippen molar-refractivity contribution in [2.75, 3.05) is 23.2 Å². The van der Waals surface area contributed by atoms with Gasteiger partial charge in [-0.05, 0) is 0 Å². The van der Waals surface area contributed by atoms with Crippen LogP contribution in [0.5, 0.6) is 0 Å². The van der Waals surface area contributed by atoms with Crippen LogP contribution in [0.25, 0.3) is 0 Å². The van der Waals surface area contributed by atoms with Gasteiger partial charge < -0.3 is 0 Å². The average Bonchev–Trinajstić information content (AvgIpc) is 2.37. The molecule has 0 aromatic carbocycles. The van der Waals surface area contributed by atoms with Crippen LogP contribution in [0.2, 0.25) is 4.44 Å². The van der Waals surface area contributed by atoms with Crippen LogP contribution < -0.4 is 5.73 Å². The van der Waals surface area contributed by atoms with Gasteiger partial charge in [0.25, 0.3) is 0 Å². The number of hydrogen-bond donors (Lipinski definition) is 1. The second kappa shape index (κ2) is 12.7. The van der Waals surface area contributed by atoms with Crippen molar-refractivity contribution >= 4 is 31.0 Å². The molecular weight excluding hydrogens is 365 g/mol. The molecule has 0 aliphatic heterocycles. The maximum atomic E-state index is 6.32. The third-order valence-electron chi connectivity index (χ3n) is 3.07. The summed E-state index contributed by atoms with van der Waals surface area (Å²) in [7, 11) is 0. The van der Waals surface area contributed by atoms with Crippen molar-refractivity contribution in [3.05, 3.63) is 0 Å². The van der Waals surface area contributed by atoms with E-state index in [0.29, 0.717) is 0 Å². The molecule has 0 heterocycles. The first kappa shape index (κ1) is 20.0. The number of rotatable bonds is 13. The first-order chi connectivity index (χ1) is 9.10. The SMILES string of the molecule is CCCC[O][Sn]([CH2]CC(C)N)([CH2]SC)[O]CCCC. The second-order valence-electron chi connectivity index (χ2n) is 5.26. The van der Waals surface area contributed by atoms with Crippen LogP contribution in [0.1, 0.15) is 52.9 Å². The van der Waals surface area contributed by atoms with Gasteiger partial charge in [-0.1, -0.05) is 0 Å². The van der Waals surface area contributed by atoms with Gasteiger partial charge in [-0.25, -0.2) is 0 Å².